The van der Waals surface area contributed by atoms with E-state index < -0.39 is 73.5 Å². The second kappa shape index (κ2) is 12.4. The maximum Gasteiger partial charge on any atom is 1.00 e. The van der Waals surface area contributed by atoms with Crippen LogP contribution in [0.5, 0.6) is 5.75 Å². The van der Waals surface area contributed by atoms with Crippen molar-refractivity contribution in [3.63, 3.8) is 0 Å². The number of hydrogen-bond donors (Lipinski definition) is 4. The van der Waals surface area contributed by atoms with Crippen molar-refractivity contribution in [1.29, 1.82) is 0 Å². The fourth-order valence-electron chi connectivity index (χ4n) is 3.60. The van der Waals surface area contributed by atoms with Gasteiger partial charge in [0.05, 0.1) is 32.3 Å². The van der Waals surface area contributed by atoms with E-state index in [-0.39, 0.29) is 52.3 Å². The average molecular weight is 641 g/mol. The number of phenols is 1. The average Bonchev–Trinajstić information content (AvgIpc) is 2.90. The van der Waals surface area contributed by atoms with Crippen LogP contribution >= 0.6 is 0 Å². The van der Waals surface area contributed by atoms with E-state index in [4.69, 9.17) is 5.73 Å². The Morgan fingerprint density at radius 3 is 1.42 bits per heavy atom. The van der Waals surface area contributed by atoms with Crippen molar-refractivity contribution in [1.82, 2.24) is 0 Å². The van der Waals surface area contributed by atoms with E-state index in [1.54, 1.807) is 0 Å². The van der Waals surface area contributed by atoms with Crippen molar-refractivity contribution in [3.05, 3.63) is 80.9 Å². The normalized spacial score (nSPS) is 12.0. The number of nitrogens with zero attached hydrogens (tertiary/aromatic N) is 6. The Bertz CT molecular complexity index is 1910. The minimum absolute atomic E-state index is 0. The molecule has 43 heavy (non-hydrogen) atoms. The Hall–Kier alpha value is -4.44. The minimum atomic E-state index is -5.14. The van der Waals surface area contributed by atoms with Gasteiger partial charge in [-0.1, -0.05) is 0 Å². The van der Waals surface area contributed by atoms with Crippen molar-refractivity contribution in [2.75, 3.05) is 5.73 Å². The predicted molar refractivity (Wildman–Crippen MR) is 144 cm³/mol. The SMILES string of the molecule is Nc1c(N=Nc2ccc([N+](=O)[O-])cc2)c(S(=O)(=O)O)cc2cc(S(=O)(=O)O)c(N=Nc3ccc([N+](=O)[O-])cc3)c(O)c12.[Na+]. The molecule has 0 aliphatic heterocycles. The summed E-state index contributed by atoms with van der Waals surface area (Å²) in [6.07, 6.45) is 0. The van der Waals surface area contributed by atoms with Crippen LogP contribution in [-0.4, -0.2) is 40.9 Å². The van der Waals surface area contributed by atoms with E-state index >= 15 is 0 Å². The molecule has 0 aromatic heterocycles. The van der Waals surface area contributed by atoms with Gasteiger partial charge in [0.15, 0.2) is 5.75 Å². The number of hydrogen-bond acceptors (Lipinski definition) is 14. The molecule has 0 spiro atoms. The van der Waals surface area contributed by atoms with Crippen LogP contribution in [0, 0.1) is 20.2 Å². The van der Waals surface area contributed by atoms with Crippen molar-refractivity contribution in [3.8, 4) is 5.75 Å². The number of phenolic OH excluding ortho intramolecular Hbond substituents is 1. The third-order valence-electron chi connectivity index (χ3n) is 5.52. The first kappa shape index (κ1) is 33.1. The topological polar surface area (TPSA) is 291 Å². The molecule has 216 valence electrons. The molecule has 4 aromatic rings. The van der Waals surface area contributed by atoms with Gasteiger partial charge in [-0.05, 0) is 41.8 Å². The van der Waals surface area contributed by atoms with Gasteiger partial charge >= 0.3 is 29.6 Å². The number of benzene rings is 4. The maximum absolute atomic E-state index is 12.2. The molecule has 0 heterocycles. The van der Waals surface area contributed by atoms with Crippen LogP contribution in [0.4, 0.5) is 39.8 Å². The van der Waals surface area contributed by atoms with Crippen LogP contribution in [0.3, 0.4) is 0 Å². The number of rotatable bonds is 8. The zero-order valence-corrected chi connectivity index (χ0v) is 25.1. The summed E-state index contributed by atoms with van der Waals surface area (Å²) in [7, 11) is -10.2. The number of non-ortho nitro benzene ring substituents is 2. The largest absolute Gasteiger partial charge is 1.00 e. The van der Waals surface area contributed by atoms with Gasteiger partial charge < -0.3 is 10.8 Å². The van der Waals surface area contributed by atoms with E-state index in [9.17, 15) is 51.3 Å². The molecule has 0 aliphatic rings. The van der Waals surface area contributed by atoms with Gasteiger partial charge in [-0.15, -0.1) is 10.2 Å². The van der Waals surface area contributed by atoms with Crippen molar-refractivity contribution in [2.45, 2.75) is 9.79 Å². The Morgan fingerprint density at radius 2 is 1.05 bits per heavy atom. The molecule has 0 fully saturated rings. The van der Waals surface area contributed by atoms with E-state index in [1.165, 1.54) is 12.1 Å². The van der Waals surface area contributed by atoms with Gasteiger partial charge in [0, 0.05) is 24.3 Å². The first-order valence-corrected chi connectivity index (χ1v) is 13.9. The van der Waals surface area contributed by atoms with Gasteiger partial charge in [-0.2, -0.15) is 27.1 Å². The van der Waals surface area contributed by atoms with E-state index in [2.05, 4.69) is 20.5 Å². The number of nitrogen functional groups attached to an aromatic ring is 1. The number of nitro benzene ring substituents is 2. The molecule has 21 heteroatoms. The van der Waals surface area contributed by atoms with Crippen LogP contribution < -0.4 is 35.3 Å². The summed E-state index contributed by atoms with van der Waals surface area (Å²) >= 11 is 0. The molecule has 4 aromatic carbocycles. The fraction of sp³-hybridized carbons (Fsp3) is 0. The number of nitro groups is 2. The molecule has 0 unspecified atom stereocenters. The minimum Gasteiger partial charge on any atom is -0.505 e. The van der Waals surface area contributed by atoms with Crippen LogP contribution in [-0.2, 0) is 20.2 Å². The summed E-state index contributed by atoms with van der Waals surface area (Å²) in [4.78, 5) is 18.4. The molecule has 0 saturated carbocycles. The zero-order valence-electron chi connectivity index (χ0n) is 21.5. The van der Waals surface area contributed by atoms with Gasteiger partial charge in [0.2, 0.25) is 0 Å². The summed E-state index contributed by atoms with van der Waals surface area (Å²) in [5.74, 6) is -1.00. The van der Waals surface area contributed by atoms with Crippen molar-refractivity contribution >= 4 is 70.8 Å². The molecule has 0 aliphatic carbocycles. The fourth-order valence-corrected chi connectivity index (χ4v) is 4.93. The first-order chi connectivity index (χ1) is 19.6. The molecular formula is C22H15N7NaO11S2+. The third kappa shape index (κ3) is 7.14. The molecule has 0 saturated heterocycles. The molecular weight excluding hydrogens is 625 g/mol. The monoisotopic (exact) mass is 640 g/mol. The zero-order chi connectivity index (χ0) is 31.0. The molecule has 18 nitrogen and oxygen atoms in total. The summed E-state index contributed by atoms with van der Waals surface area (Å²) < 4.78 is 68.2. The van der Waals surface area contributed by atoms with Crippen LogP contribution in [0.25, 0.3) is 10.8 Å². The molecule has 0 bridgehead atoms. The first-order valence-electron chi connectivity index (χ1n) is 11.0. The molecule has 5 N–H and O–H groups in total. The van der Waals surface area contributed by atoms with Gasteiger partial charge in [0.1, 0.15) is 21.2 Å². The quantitative estimate of drug-likeness (QED) is 0.0538. The maximum atomic E-state index is 12.2. The van der Waals surface area contributed by atoms with Gasteiger partial charge in [-0.25, -0.2) is 0 Å². The summed E-state index contributed by atoms with van der Waals surface area (Å²) in [5.41, 5.74) is 3.37. The van der Waals surface area contributed by atoms with E-state index in [0.717, 1.165) is 36.4 Å². The van der Waals surface area contributed by atoms with Crippen LogP contribution in [0.1, 0.15) is 0 Å². The Kier molecular flexibility index (Phi) is 9.56. The Balaban J connectivity index is 0.00000506. The second-order valence-corrected chi connectivity index (χ2v) is 11.0. The summed E-state index contributed by atoms with van der Waals surface area (Å²) in [6.45, 7) is 0. The van der Waals surface area contributed by atoms with Crippen molar-refractivity contribution < 1.29 is 70.5 Å². The van der Waals surface area contributed by atoms with Gasteiger partial charge in [-0.3, -0.25) is 29.3 Å². The Morgan fingerprint density at radius 1 is 0.674 bits per heavy atom. The molecule has 0 amide bonds. The van der Waals surface area contributed by atoms with E-state index in [0.29, 0.717) is 12.1 Å². The molecule has 4 rings (SSSR count). The smallest absolute Gasteiger partial charge is 0.505 e. The second-order valence-electron chi connectivity index (χ2n) is 8.20. The number of fused-ring (bicyclic) bond motifs is 1. The number of aromatic hydroxyl groups is 1. The summed E-state index contributed by atoms with van der Waals surface area (Å²) in [6, 6.07) is 10.4. The number of azo groups is 2. The van der Waals surface area contributed by atoms with Crippen LogP contribution in [0.2, 0.25) is 0 Å². The van der Waals surface area contributed by atoms with Crippen LogP contribution in [0.15, 0.2) is 90.9 Å². The summed E-state index contributed by atoms with van der Waals surface area (Å²) in [5, 5.41) is 46.8. The van der Waals surface area contributed by atoms with Crippen molar-refractivity contribution in [2.24, 2.45) is 20.5 Å². The molecule has 0 atom stereocenters. The number of anilines is 1. The van der Waals surface area contributed by atoms with Gasteiger partial charge in [0.25, 0.3) is 31.6 Å². The van der Waals surface area contributed by atoms with E-state index in [1.807, 2.05) is 0 Å². The predicted octanol–water partition coefficient (Wildman–Crippen LogP) is 2.27. The molecule has 0 radical (unpaired) electrons. The standard InChI is InChI=1S/C22H15N7O11S2.Na/c23-19-18-11(9-16(41(35,36)37)20(19)26-24-12-1-5-14(6-2-12)28(31)32)10-17(42(38,39)40)21(22(18)30)27-25-13-3-7-15(8-4-13)29(33)34;/h1-10,30H,23H2,(H,35,36,37)(H,38,39,40);/q;+1. The Labute approximate surface area is 262 Å². The number of nitrogens with two attached hydrogens (primary N) is 1. The third-order valence-corrected chi connectivity index (χ3v) is 7.26.